The molecule has 0 saturated heterocycles. The first-order valence-corrected chi connectivity index (χ1v) is 9.97. The zero-order chi connectivity index (χ0) is 22.4. The molecule has 0 saturated carbocycles. The molecule has 2 aromatic heterocycles. The molecule has 1 unspecified atom stereocenters. The Hall–Kier alpha value is -3.75. The fraction of sp³-hybridized carbons (Fsp3) is 0.318. The summed E-state index contributed by atoms with van der Waals surface area (Å²) in [6, 6.07) is 8.25. The second kappa shape index (κ2) is 9.38. The summed E-state index contributed by atoms with van der Waals surface area (Å²) in [5, 5.41) is 18.1. The summed E-state index contributed by atoms with van der Waals surface area (Å²) in [5.41, 5.74) is 0.667. The Morgan fingerprint density at radius 3 is 2.65 bits per heavy atom. The highest BCUT2D eigenvalue weighted by atomic mass is 16.6. The summed E-state index contributed by atoms with van der Waals surface area (Å²) in [5.74, 6) is 0.232. The molecule has 9 heteroatoms. The van der Waals surface area contributed by atoms with Crippen LogP contribution in [0.15, 0.2) is 48.9 Å². The summed E-state index contributed by atoms with van der Waals surface area (Å²) in [7, 11) is 0. The lowest BCUT2D eigenvalue weighted by Gasteiger charge is -2.25. The summed E-state index contributed by atoms with van der Waals surface area (Å²) < 4.78 is 5.48. The van der Waals surface area contributed by atoms with E-state index >= 15 is 0 Å². The number of nitrogens with zero attached hydrogens (tertiary/aromatic N) is 3. The number of hydrogen-bond donors (Lipinski definition) is 3. The number of amides is 3. The summed E-state index contributed by atoms with van der Waals surface area (Å²) >= 11 is 0. The van der Waals surface area contributed by atoms with Gasteiger partial charge in [-0.3, -0.25) is 10.3 Å². The Morgan fingerprint density at radius 2 is 1.90 bits per heavy atom. The number of aromatic nitrogens is 3. The zero-order valence-corrected chi connectivity index (χ0v) is 18.0. The van der Waals surface area contributed by atoms with Crippen LogP contribution in [0.25, 0.3) is 10.8 Å². The monoisotopic (exact) mass is 422 g/mol. The van der Waals surface area contributed by atoms with Crippen molar-refractivity contribution >= 4 is 28.7 Å². The van der Waals surface area contributed by atoms with Gasteiger partial charge in [0, 0.05) is 29.9 Å². The van der Waals surface area contributed by atoms with Crippen LogP contribution in [0.1, 0.15) is 44.9 Å². The lowest BCUT2D eigenvalue weighted by molar-refractivity contribution is 0.0512. The molecule has 0 fully saturated rings. The highest BCUT2D eigenvalue weighted by molar-refractivity contribution is 5.90. The van der Waals surface area contributed by atoms with E-state index in [2.05, 4.69) is 31.1 Å². The topological polar surface area (TPSA) is 118 Å². The van der Waals surface area contributed by atoms with Gasteiger partial charge in [-0.15, -0.1) is 5.10 Å². The SMILES string of the molecule is CCNC(=O)Nc1nnccc1C(NC(=O)OC(C)(C)C)c1cccc2ccncc12. The van der Waals surface area contributed by atoms with E-state index in [-0.39, 0.29) is 5.82 Å². The van der Waals surface area contributed by atoms with Crippen LogP contribution in [-0.4, -0.2) is 39.5 Å². The number of benzene rings is 1. The third-order valence-corrected chi connectivity index (χ3v) is 4.32. The molecule has 0 aliphatic carbocycles. The smallest absolute Gasteiger partial charge is 0.408 e. The van der Waals surface area contributed by atoms with Crippen molar-refractivity contribution < 1.29 is 14.3 Å². The van der Waals surface area contributed by atoms with E-state index in [9.17, 15) is 9.59 Å². The third kappa shape index (κ3) is 5.65. The highest BCUT2D eigenvalue weighted by Gasteiger charge is 2.26. The molecular weight excluding hydrogens is 396 g/mol. The number of anilines is 1. The molecule has 1 aromatic carbocycles. The number of pyridine rings is 1. The van der Waals surface area contributed by atoms with Gasteiger partial charge in [0.2, 0.25) is 0 Å². The molecule has 0 spiro atoms. The maximum absolute atomic E-state index is 12.7. The molecule has 2 heterocycles. The Morgan fingerprint density at radius 1 is 1.10 bits per heavy atom. The molecule has 9 nitrogen and oxygen atoms in total. The van der Waals surface area contributed by atoms with Crippen LogP contribution in [-0.2, 0) is 4.74 Å². The van der Waals surface area contributed by atoms with E-state index in [0.717, 1.165) is 16.3 Å². The number of urea groups is 1. The van der Waals surface area contributed by atoms with Gasteiger partial charge in [-0.25, -0.2) is 9.59 Å². The molecule has 3 N–H and O–H groups in total. The quantitative estimate of drug-likeness (QED) is 0.576. The van der Waals surface area contributed by atoms with Gasteiger partial charge in [-0.2, -0.15) is 5.10 Å². The Bertz CT molecular complexity index is 1070. The van der Waals surface area contributed by atoms with Crippen LogP contribution in [0.4, 0.5) is 15.4 Å². The summed E-state index contributed by atoms with van der Waals surface area (Å²) in [6.45, 7) is 7.64. The van der Waals surface area contributed by atoms with Gasteiger partial charge in [0.05, 0.1) is 12.2 Å². The number of carbonyl (C=O) groups is 2. The molecule has 0 aliphatic heterocycles. The molecule has 3 rings (SSSR count). The minimum absolute atomic E-state index is 0.232. The van der Waals surface area contributed by atoms with Gasteiger partial charge < -0.3 is 15.4 Å². The predicted octanol–water partition coefficient (Wildman–Crippen LogP) is 3.78. The van der Waals surface area contributed by atoms with Crippen molar-refractivity contribution in [2.75, 3.05) is 11.9 Å². The van der Waals surface area contributed by atoms with Crippen LogP contribution >= 0.6 is 0 Å². The first kappa shape index (κ1) is 21.9. The van der Waals surface area contributed by atoms with Crippen molar-refractivity contribution in [1.29, 1.82) is 0 Å². The zero-order valence-electron chi connectivity index (χ0n) is 18.0. The number of rotatable bonds is 5. The van der Waals surface area contributed by atoms with Gasteiger partial charge in [-0.1, -0.05) is 18.2 Å². The van der Waals surface area contributed by atoms with Crippen molar-refractivity contribution in [3.8, 4) is 0 Å². The molecular formula is C22H26N6O3. The van der Waals surface area contributed by atoms with E-state index in [1.54, 1.807) is 39.2 Å². The second-order valence-corrected chi connectivity index (χ2v) is 7.84. The molecule has 3 aromatic rings. The van der Waals surface area contributed by atoms with Gasteiger partial charge in [0.15, 0.2) is 5.82 Å². The number of nitrogens with one attached hydrogen (secondary N) is 3. The maximum atomic E-state index is 12.7. The van der Waals surface area contributed by atoms with Crippen molar-refractivity contribution in [2.45, 2.75) is 39.3 Å². The number of fused-ring (bicyclic) bond motifs is 1. The van der Waals surface area contributed by atoms with Crippen molar-refractivity contribution in [3.05, 3.63) is 60.0 Å². The molecule has 3 amide bonds. The normalized spacial score (nSPS) is 12.1. The van der Waals surface area contributed by atoms with Crippen LogP contribution in [0, 0.1) is 0 Å². The molecule has 162 valence electrons. The largest absolute Gasteiger partial charge is 0.444 e. The minimum Gasteiger partial charge on any atom is -0.444 e. The number of ether oxygens (including phenoxy) is 1. The number of carbonyl (C=O) groups excluding carboxylic acids is 2. The summed E-state index contributed by atoms with van der Waals surface area (Å²) in [4.78, 5) is 29.1. The van der Waals surface area contributed by atoms with Crippen LogP contribution < -0.4 is 16.0 Å². The van der Waals surface area contributed by atoms with E-state index < -0.39 is 23.8 Å². The Labute approximate surface area is 180 Å². The molecule has 31 heavy (non-hydrogen) atoms. The number of hydrogen-bond acceptors (Lipinski definition) is 6. The Balaban J connectivity index is 2.09. The van der Waals surface area contributed by atoms with E-state index in [1.165, 1.54) is 6.20 Å². The summed E-state index contributed by atoms with van der Waals surface area (Å²) in [6.07, 6.45) is 4.35. The van der Waals surface area contributed by atoms with Crippen LogP contribution in [0.5, 0.6) is 0 Å². The maximum Gasteiger partial charge on any atom is 0.408 e. The van der Waals surface area contributed by atoms with E-state index in [0.29, 0.717) is 12.1 Å². The van der Waals surface area contributed by atoms with E-state index in [1.807, 2.05) is 31.2 Å². The first-order valence-electron chi connectivity index (χ1n) is 9.97. The lowest BCUT2D eigenvalue weighted by Crippen LogP contribution is -2.36. The van der Waals surface area contributed by atoms with E-state index in [4.69, 9.17) is 4.74 Å². The number of alkyl carbamates (subject to hydrolysis) is 1. The second-order valence-electron chi connectivity index (χ2n) is 7.84. The van der Waals surface area contributed by atoms with Gasteiger partial charge in [0.25, 0.3) is 0 Å². The fourth-order valence-electron chi connectivity index (χ4n) is 3.12. The average molecular weight is 422 g/mol. The third-order valence-electron chi connectivity index (χ3n) is 4.32. The molecule has 0 radical (unpaired) electrons. The average Bonchev–Trinajstić information content (AvgIpc) is 2.71. The van der Waals surface area contributed by atoms with Crippen LogP contribution in [0.2, 0.25) is 0 Å². The van der Waals surface area contributed by atoms with Crippen LogP contribution in [0.3, 0.4) is 0 Å². The molecule has 0 bridgehead atoms. The standard InChI is InChI=1S/C22H26N6O3/c1-5-24-20(29)27-19-16(10-12-25-28-19)18(26-21(30)31-22(2,3)4)15-8-6-7-14-9-11-23-13-17(14)15/h6-13,18H,5H2,1-4H3,(H,26,30)(H2,24,27,28,29). The fourth-order valence-corrected chi connectivity index (χ4v) is 3.12. The van der Waals surface area contributed by atoms with Crippen molar-refractivity contribution in [2.24, 2.45) is 0 Å². The minimum atomic E-state index is -0.673. The molecule has 1 atom stereocenters. The lowest BCUT2D eigenvalue weighted by atomic mass is 9.95. The van der Waals surface area contributed by atoms with Crippen molar-refractivity contribution in [3.63, 3.8) is 0 Å². The van der Waals surface area contributed by atoms with Gasteiger partial charge in [0.1, 0.15) is 5.60 Å². The van der Waals surface area contributed by atoms with Gasteiger partial charge in [-0.05, 0) is 50.8 Å². The van der Waals surface area contributed by atoms with Crippen molar-refractivity contribution in [1.82, 2.24) is 25.8 Å². The Kier molecular flexibility index (Phi) is 6.64. The molecule has 0 aliphatic rings. The highest BCUT2D eigenvalue weighted by Crippen LogP contribution is 2.31. The first-order chi connectivity index (χ1) is 14.8. The predicted molar refractivity (Wildman–Crippen MR) is 118 cm³/mol. The van der Waals surface area contributed by atoms with Gasteiger partial charge >= 0.3 is 12.1 Å².